The highest BCUT2D eigenvalue weighted by molar-refractivity contribution is 9.08. The smallest absolute Gasteiger partial charge is 0.372 e. The van der Waals surface area contributed by atoms with Gasteiger partial charge in [0.2, 0.25) is 0 Å². The van der Waals surface area contributed by atoms with Crippen molar-refractivity contribution in [1.29, 1.82) is 0 Å². The lowest BCUT2D eigenvalue weighted by Gasteiger charge is -2.28. The van der Waals surface area contributed by atoms with E-state index >= 15 is 0 Å². The Balaban J connectivity index is 3.11. The molecule has 0 heterocycles. The third-order valence-electron chi connectivity index (χ3n) is 3.32. The molecular weight excluding hydrogens is 319 g/mol. The van der Waals surface area contributed by atoms with Crippen LogP contribution in [0, 0.1) is 0 Å². The van der Waals surface area contributed by atoms with Crippen molar-refractivity contribution in [1.82, 2.24) is 0 Å². The summed E-state index contributed by atoms with van der Waals surface area (Å²) in [6.07, 6.45) is -2.34. The van der Waals surface area contributed by atoms with Gasteiger partial charge in [0.15, 0.2) is 0 Å². The summed E-state index contributed by atoms with van der Waals surface area (Å²) in [6.45, 7) is 4.09. The van der Waals surface area contributed by atoms with Crippen molar-refractivity contribution in [2.24, 2.45) is 0 Å². The first-order valence-corrected chi connectivity index (χ1v) is 7.42. The maximum Gasteiger partial charge on any atom is 0.416 e. The predicted octanol–water partition coefficient (Wildman–Crippen LogP) is 5.23. The zero-order valence-electron chi connectivity index (χ0n) is 11.4. The van der Waals surface area contributed by atoms with Gasteiger partial charge in [0.1, 0.15) is 0 Å². The third-order valence-corrected chi connectivity index (χ3v) is 3.92. The Hall–Kier alpha value is -0.710. The molecule has 0 fully saturated rings. The van der Waals surface area contributed by atoms with E-state index in [4.69, 9.17) is 0 Å². The first-order chi connectivity index (χ1) is 8.81. The van der Waals surface area contributed by atoms with Crippen LogP contribution in [0.1, 0.15) is 37.8 Å². The zero-order valence-corrected chi connectivity index (χ0v) is 13.0. The summed E-state index contributed by atoms with van der Waals surface area (Å²) in [5.74, 6) is 0. The van der Waals surface area contributed by atoms with Crippen LogP contribution in [0.5, 0.6) is 0 Å². The molecule has 0 aliphatic carbocycles. The van der Waals surface area contributed by atoms with Gasteiger partial charge in [-0.25, -0.2) is 0 Å². The van der Waals surface area contributed by atoms with Gasteiger partial charge in [0, 0.05) is 24.1 Å². The summed E-state index contributed by atoms with van der Waals surface area (Å²) < 4.78 is 39.0. The molecule has 1 aromatic rings. The molecule has 0 N–H and O–H groups in total. The number of alkyl halides is 4. The summed E-state index contributed by atoms with van der Waals surface area (Å²) in [5, 5.41) is 0.205. The van der Waals surface area contributed by atoms with E-state index in [0.717, 1.165) is 12.8 Å². The average Bonchev–Trinajstić information content (AvgIpc) is 2.36. The first-order valence-electron chi connectivity index (χ1n) is 6.30. The van der Waals surface area contributed by atoms with Gasteiger partial charge in [-0.1, -0.05) is 35.3 Å². The van der Waals surface area contributed by atoms with Crippen molar-refractivity contribution in [3.8, 4) is 0 Å². The Morgan fingerprint density at radius 2 is 1.95 bits per heavy atom. The van der Waals surface area contributed by atoms with Crippen LogP contribution in [0.25, 0.3) is 0 Å². The number of rotatable bonds is 5. The quantitative estimate of drug-likeness (QED) is 0.665. The number of nitrogens with zero attached hydrogens (tertiary/aromatic N) is 1. The van der Waals surface area contributed by atoms with Crippen molar-refractivity contribution in [3.63, 3.8) is 0 Å². The molecule has 0 aliphatic rings. The lowest BCUT2D eigenvalue weighted by molar-refractivity contribution is -0.138. The van der Waals surface area contributed by atoms with Gasteiger partial charge < -0.3 is 4.90 Å². The molecule has 0 aromatic heterocycles. The summed E-state index contributed by atoms with van der Waals surface area (Å²) in [7, 11) is 1.84. The molecule has 108 valence electrons. The number of halogens is 4. The Bertz CT molecular complexity index is 418. The van der Waals surface area contributed by atoms with Gasteiger partial charge in [-0.05, 0) is 31.0 Å². The van der Waals surface area contributed by atoms with Crippen LogP contribution in [0.15, 0.2) is 18.2 Å². The van der Waals surface area contributed by atoms with Crippen molar-refractivity contribution < 1.29 is 13.2 Å². The number of anilines is 1. The van der Waals surface area contributed by atoms with Gasteiger partial charge in [0.25, 0.3) is 0 Å². The first kappa shape index (κ1) is 16.3. The number of hydrogen-bond acceptors (Lipinski definition) is 1. The monoisotopic (exact) mass is 337 g/mol. The third kappa shape index (κ3) is 4.13. The number of hydrogen-bond donors (Lipinski definition) is 0. The molecule has 0 saturated carbocycles. The molecule has 1 nitrogen and oxygen atoms in total. The molecule has 0 saturated heterocycles. The summed E-state index contributed by atoms with van der Waals surface area (Å²) >= 11 is 3.10. The molecule has 1 rings (SSSR count). The minimum Gasteiger partial charge on any atom is -0.372 e. The van der Waals surface area contributed by atoms with Crippen molar-refractivity contribution in [2.45, 2.75) is 44.2 Å². The van der Waals surface area contributed by atoms with Gasteiger partial charge in [-0.15, -0.1) is 0 Å². The van der Waals surface area contributed by atoms with Crippen LogP contribution in [-0.4, -0.2) is 13.1 Å². The fraction of sp³-hybridized carbons (Fsp3) is 0.571. The van der Waals surface area contributed by atoms with Gasteiger partial charge in [0.05, 0.1) is 5.56 Å². The van der Waals surface area contributed by atoms with Gasteiger partial charge >= 0.3 is 6.18 Å². The molecule has 1 unspecified atom stereocenters. The van der Waals surface area contributed by atoms with Gasteiger partial charge in [-0.3, -0.25) is 0 Å². The summed E-state index contributed by atoms with van der Waals surface area (Å²) in [5.41, 5.74) is 0.322. The maximum atomic E-state index is 13.0. The molecular formula is C14H19BrF3N. The fourth-order valence-electron chi connectivity index (χ4n) is 2.03. The Morgan fingerprint density at radius 3 is 2.42 bits per heavy atom. The SMILES string of the molecule is CCCC(C)N(C)c1ccc(CBr)c(C(F)(F)F)c1. The second-order valence-corrected chi connectivity index (χ2v) is 5.28. The van der Waals surface area contributed by atoms with Gasteiger partial charge in [-0.2, -0.15) is 13.2 Å². The molecule has 1 aromatic carbocycles. The fourth-order valence-corrected chi connectivity index (χ4v) is 2.52. The molecule has 1 atom stereocenters. The normalized spacial score (nSPS) is 13.4. The standard InChI is InChI=1S/C14H19BrF3N/c1-4-5-10(2)19(3)12-7-6-11(9-15)13(8-12)14(16,17)18/h6-8,10H,4-5,9H2,1-3H3. The molecule has 0 radical (unpaired) electrons. The largest absolute Gasteiger partial charge is 0.416 e. The molecule has 0 spiro atoms. The second kappa shape index (κ2) is 6.64. The van der Waals surface area contributed by atoms with E-state index in [0.29, 0.717) is 5.69 Å². The van der Waals surface area contributed by atoms with Crippen LogP contribution in [0.4, 0.5) is 18.9 Å². The van der Waals surface area contributed by atoms with Crippen LogP contribution < -0.4 is 4.90 Å². The summed E-state index contributed by atoms with van der Waals surface area (Å²) in [6, 6.07) is 4.75. The van der Waals surface area contributed by atoms with E-state index in [1.54, 1.807) is 12.1 Å². The summed E-state index contributed by atoms with van der Waals surface area (Å²) in [4.78, 5) is 1.90. The van der Waals surface area contributed by atoms with Crippen molar-refractivity contribution >= 4 is 21.6 Å². The van der Waals surface area contributed by atoms with E-state index in [9.17, 15) is 13.2 Å². The van der Waals surface area contributed by atoms with E-state index in [2.05, 4.69) is 22.9 Å². The molecule has 0 aliphatic heterocycles. The Kier molecular flexibility index (Phi) is 5.71. The molecule has 19 heavy (non-hydrogen) atoms. The lowest BCUT2D eigenvalue weighted by atomic mass is 10.1. The van der Waals surface area contributed by atoms with Crippen LogP contribution >= 0.6 is 15.9 Å². The van der Waals surface area contributed by atoms with E-state index in [-0.39, 0.29) is 16.9 Å². The van der Waals surface area contributed by atoms with Crippen LogP contribution in [-0.2, 0) is 11.5 Å². The van der Waals surface area contributed by atoms with Crippen molar-refractivity contribution in [2.75, 3.05) is 11.9 Å². The minimum absolute atomic E-state index is 0.205. The molecule has 0 bridgehead atoms. The lowest BCUT2D eigenvalue weighted by Crippen LogP contribution is -2.28. The van der Waals surface area contributed by atoms with Crippen molar-refractivity contribution in [3.05, 3.63) is 29.3 Å². The van der Waals surface area contributed by atoms with Crippen LogP contribution in [0.3, 0.4) is 0 Å². The van der Waals surface area contributed by atoms with Crippen LogP contribution in [0.2, 0.25) is 0 Å². The predicted molar refractivity (Wildman–Crippen MR) is 76.8 cm³/mol. The van der Waals surface area contributed by atoms with E-state index in [1.807, 2.05) is 18.9 Å². The highest BCUT2D eigenvalue weighted by Crippen LogP contribution is 2.35. The zero-order chi connectivity index (χ0) is 14.6. The topological polar surface area (TPSA) is 3.24 Å². The highest BCUT2D eigenvalue weighted by atomic mass is 79.9. The molecule has 0 amide bonds. The Labute approximate surface area is 120 Å². The van der Waals surface area contributed by atoms with E-state index < -0.39 is 11.7 Å². The Morgan fingerprint density at radius 1 is 1.32 bits per heavy atom. The maximum absolute atomic E-state index is 13.0. The highest BCUT2D eigenvalue weighted by Gasteiger charge is 2.33. The van der Waals surface area contributed by atoms with E-state index in [1.165, 1.54) is 6.07 Å². The number of benzene rings is 1. The second-order valence-electron chi connectivity index (χ2n) is 4.72. The average molecular weight is 338 g/mol. The molecule has 5 heteroatoms. The minimum atomic E-state index is -4.31.